The number of hydrogen-bond donors (Lipinski definition) is 10. The molecule has 1 aliphatic heterocycles. The van der Waals surface area contributed by atoms with Crippen LogP contribution >= 0.6 is 0 Å². The number of primary amides is 1. The van der Waals surface area contributed by atoms with Gasteiger partial charge in [-0.1, -0.05) is 96.8 Å². The number of rotatable bonds is 35. The van der Waals surface area contributed by atoms with Crippen LogP contribution in [0.5, 0.6) is 0 Å². The molecule has 6 amide bonds. The van der Waals surface area contributed by atoms with Crippen molar-refractivity contribution < 1.29 is 63.5 Å². The van der Waals surface area contributed by atoms with E-state index in [1.807, 2.05) is 0 Å². The lowest BCUT2D eigenvalue weighted by molar-refractivity contribution is -0.266. The molecule has 358 valence electrons. The van der Waals surface area contributed by atoms with Gasteiger partial charge >= 0.3 is 5.97 Å². The zero-order valence-electron chi connectivity index (χ0n) is 37.5. The van der Waals surface area contributed by atoms with E-state index in [9.17, 15) is 54.0 Å². The van der Waals surface area contributed by atoms with E-state index in [4.69, 9.17) is 15.2 Å². The lowest BCUT2D eigenvalue weighted by atomic mass is 9.96. The number of carbonyl (C=O) groups is 7. The topological polar surface area (TPSA) is 305 Å². The van der Waals surface area contributed by atoms with Crippen molar-refractivity contribution in [3.8, 4) is 0 Å². The molecule has 1 saturated heterocycles. The predicted octanol–water partition coefficient (Wildman–Crippen LogP) is 1.71. The molecule has 1 fully saturated rings. The van der Waals surface area contributed by atoms with Gasteiger partial charge in [-0.15, -0.1) is 0 Å². The monoisotopic (exact) mass is 887 g/mol. The average Bonchev–Trinajstić information content (AvgIpc) is 3.22. The normalized spacial score (nSPS) is 20.5. The van der Waals surface area contributed by atoms with Gasteiger partial charge in [0, 0.05) is 26.3 Å². The molecule has 1 heterocycles. The summed E-state index contributed by atoms with van der Waals surface area (Å²) in [6.45, 7) is 5.65. The summed E-state index contributed by atoms with van der Waals surface area (Å²) in [4.78, 5) is 86.4. The Kier molecular flexibility index (Phi) is 29.6. The number of ether oxygens (including phenoxy) is 2. The molecule has 0 aromatic carbocycles. The van der Waals surface area contributed by atoms with Gasteiger partial charge in [-0.05, 0) is 46.0 Å². The van der Waals surface area contributed by atoms with Crippen LogP contribution in [0, 0.1) is 0 Å². The number of unbranched alkanes of at least 4 members (excludes halogenated alkanes) is 15. The largest absolute Gasteiger partial charge is 0.480 e. The molecular formula is C43H78N6O13. The zero-order chi connectivity index (χ0) is 46.5. The quantitative estimate of drug-likeness (QED) is 0.0406. The van der Waals surface area contributed by atoms with Crippen LogP contribution in [0.2, 0.25) is 0 Å². The van der Waals surface area contributed by atoms with E-state index in [0.29, 0.717) is 25.8 Å². The van der Waals surface area contributed by atoms with Gasteiger partial charge in [0.1, 0.15) is 48.6 Å². The number of aliphatic hydroxyl groups is 3. The summed E-state index contributed by atoms with van der Waals surface area (Å²) >= 11 is 0. The van der Waals surface area contributed by atoms with Crippen molar-refractivity contribution in [2.24, 2.45) is 5.73 Å². The zero-order valence-corrected chi connectivity index (χ0v) is 37.5. The third kappa shape index (κ3) is 24.1. The van der Waals surface area contributed by atoms with Crippen LogP contribution < -0.4 is 32.3 Å². The maximum Gasteiger partial charge on any atom is 0.326 e. The van der Waals surface area contributed by atoms with E-state index < -0.39 is 97.0 Å². The van der Waals surface area contributed by atoms with Crippen molar-refractivity contribution in [2.45, 2.75) is 217 Å². The van der Waals surface area contributed by atoms with Crippen LogP contribution in [0.4, 0.5) is 0 Å². The first-order valence-electron chi connectivity index (χ1n) is 22.8. The first-order valence-corrected chi connectivity index (χ1v) is 22.8. The van der Waals surface area contributed by atoms with Gasteiger partial charge in [0.25, 0.3) is 0 Å². The molecule has 0 aliphatic carbocycles. The molecule has 19 nitrogen and oxygen atoms in total. The Morgan fingerprint density at radius 3 is 1.77 bits per heavy atom. The van der Waals surface area contributed by atoms with E-state index in [1.165, 1.54) is 90.9 Å². The maximum atomic E-state index is 12.9. The molecule has 0 aromatic heterocycles. The summed E-state index contributed by atoms with van der Waals surface area (Å²) in [5.74, 6) is -5.26. The lowest BCUT2D eigenvalue weighted by Crippen LogP contribution is -2.65. The smallest absolute Gasteiger partial charge is 0.326 e. The molecule has 0 aromatic rings. The lowest BCUT2D eigenvalue weighted by Gasteiger charge is -2.43. The second-order valence-corrected chi connectivity index (χ2v) is 16.4. The second kappa shape index (κ2) is 32.7. The first-order chi connectivity index (χ1) is 29.5. The molecule has 1 aliphatic rings. The number of amides is 6. The van der Waals surface area contributed by atoms with Crippen LogP contribution in [0.1, 0.15) is 163 Å². The Balaban J connectivity index is 2.36. The van der Waals surface area contributed by atoms with E-state index in [0.717, 1.165) is 26.2 Å². The first kappa shape index (κ1) is 56.1. The molecule has 9 atom stereocenters. The summed E-state index contributed by atoms with van der Waals surface area (Å²) in [6.07, 6.45) is 12.3. The van der Waals surface area contributed by atoms with E-state index in [-0.39, 0.29) is 25.2 Å². The molecule has 62 heavy (non-hydrogen) atoms. The average molecular weight is 887 g/mol. The van der Waals surface area contributed by atoms with Gasteiger partial charge < -0.3 is 62.2 Å². The molecule has 0 bridgehead atoms. The highest BCUT2D eigenvalue weighted by molar-refractivity contribution is 5.92. The molecule has 0 spiro atoms. The number of carboxylic acids is 1. The second-order valence-electron chi connectivity index (χ2n) is 16.4. The summed E-state index contributed by atoms with van der Waals surface area (Å²) in [5, 5.41) is 52.5. The molecule has 1 rings (SSSR count). The molecule has 1 unspecified atom stereocenters. The highest BCUT2D eigenvalue weighted by atomic mass is 16.6. The molecule has 11 N–H and O–H groups in total. The molecule has 19 heteroatoms. The molecule has 0 radical (unpaired) electrons. The third-order valence-corrected chi connectivity index (χ3v) is 10.9. The Hall–Kier alpha value is -3.91. The van der Waals surface area contributed by atoms with Crippen molar-refractivity contribution in [3.63, 3.8) is 0 Å². The van der Waals surface area contributed by atoms with Gasteiger partial charge in [0.2, 0.25) is 35.4 Å². The number of carbonyl (C=O) groups excluding carboxylic acids is 6. The maximum absolute atomic E-state index is 12.9. The molecule has 0 saturated carbocycles. The van der Waals surface area contributed by atoms with Crippen LogP contribution in [-0.4, -0.2) is 130 Å². The van der Waals surface area contributed by atoms with Crippen molar-refractivity contribution in [2.75, 3.05) is 13.2 Å². The highest BCUT2D eigenvalue weighted by Gasteiger charge is 2.47. The fourth-order valence-corrected chi connectivity index (χ4v) is 7.16. The minimum Gasteiger partial charge on any atom is -0.480 e. The SMILES string of the molecule is CCCCCCCCCCCCCCCCCC(=O)NCCCC[C@@H](NC(=O)CC[C@@H](NC(=O)[C@H](C)NC(=O)[C@@H](C)O[C@H]1[C@H](O)[C@@H](CO)OC(O)[C@H]1NC(C)=O)C(N)=O)C(=O)O. The van der Waals surface area contributed by atoms with Gasteiger partial charge in [0.05, 0.1) is 6.61 Å². The van der Waals surface area contributed by atoms with Gasteiger partial charge in [-0.25, -0.2) is 4.79 Å². The Bertz CT molecular complexity index is 1360. The summed E-state index contributed by atoms with van der Waals surface area (Å²) in [7, 11) is 0. The van der Waals surface area contributed by atoms with Gasteiger partial charge in [-0.2, -0.15) is 0 Å². The van der Waals surface area contributed by atoms with E-state index in [2.05, 4.69) is 33.5 Å². The van der Waals surface area contributed by atoms with Crippen LogP contribution in [0.25, 0.3) is 0 Å². The number of nitrogens with two attached hydrogens (primary N) is 1. The fraction of sp³-hybridized carbons (Fsp3) is 0.837. The van der Waals surface area contributed by atoms with Crippen LogP contribution in [0.15, 0.2) is 0 Å². The fourth-order valence-electron chi connectivity index (χ4n) is 7.16. The van der Waals surface area contributed by atoms with E-state index in [1.54, 1.807) is 0 Å². The van der Waals surface area contributed by atoms with Crippen molar-refractivity contribution in [1.29, 1.82) is 0 Å². The standard InChI is InChI=1S/C43H78N6O13/c1-5-6-7-8-9-10-11-12-13-14-15-16-17-18-19-23-34(52)45-26-21-20-22-32(42(58)59)48-35(53)25-24-31(39(44)55)49-40(56)28(2)46-41(57)29(3)61-38-36(47-30(4)51)43(60)62-33(27-50)37(38)54/h28-29,31-33,36-38,43,50,54,60H,5-27H2,1-4H3,(H2,44,55)(H,45,52)(H,46,57)(H,47,51)(H,48,53)(H,49,56)(H,58,59)/t28-,29+,31+,32+,33+,36-,37+,38+,43?/m0/s1. The number of carboxylic acid groups (broad SMARTS) is 1. The van der Waals surface area contributed by atoms with Gasteiger partial charge in [-0.3, -0.25) is 28.8 Å². The summed E-state index contributed by atoms with van der Waals surface area (Å²) in [5.41, 5.74) is 5.45. The number of hydrogen-bond acceptors (Lipinski definition) is 12. The van der Waals surface area contributed by atoms with Gasteiger partial charge in [0.15, 0.2) is 6.29 Å². The summed E-state index contributed by atoms with van der Waals surface area (Å²) < 4.78 is 10.8. The summed E-state index contributed by atoms with van der Waals surface area (Å²) in [6, 6.07) is -5.14. The Morgan fingerprint density at radius 2 is 1.26 bits per heavy atom. The van der Waals surface area contributed by atoms with Crippen LogP contribution in [-0.2, 0) is 43.0 Å². The number of aliphatic carboxylic acids is 1. The Morgan fingerprint density at radius 1 is 0.694 bits per heavy atom. The molecular weight excluding hydrogens is 809 g/mol. The number of nitrogens with one attached hydrogen (secondary N) is 5. The van der Waals surface area contributed by atoms with Crippen molar-refractivity contribution in [3.05, 3.63) is 0 Å². The third-order valence-electron chi connectivity index (χ3n) is 10.9. The highest BCUT2D eigenvalue weighted by Crippen LogP contribution is 2.24. The van der Waals surface area contributed by atoms with Crippen molar-refractivity contribution in [1.82, 2.24) is 26.6 Å². The Labute approximate surface area is 367 Å². The predicted molar refractivity (Wildman–Crippen MR) is 230 cm³/mol. The number of aliphatic hydroxyl groups excluding tert-OH is 3. The van der Waals surface area contributed by atoms with Crippen LogP contribution in [0.3, 0.4) is 0 Å². The minimum atomic E-state index is -1.68. The van der Waals surface area contributed by atoms with E-state index >= 15 is 0 Å². The van der Waals surface area contributed by atoms with Crippen molar-refractivity contribution >= 4 is 41.4 Å². The minimum absolute atomic E-state index is 0.0393.